The van der Waals surface area contributed by atoms with Gasteiger partial charge in [-0.3, -0.25) is 9.36 Å². The Morgan fingerprint density at radius 2 is 1.92 bits per heavy atom. The van der Waals surface area contributed by atoms with Crippen LogP contribution in [0.1, 0.15) is 21.6 Å². The van der Waals surface area contributed by atoms with Gasteiger partial charge in [-0.25, -0.2) is 14.2 Å². The topological polar surface area (TPSA) is 70.3 Å². The third-order valence-electron chi connectivity index (χ3n) is 3.61. The zero-order valence-corrected chi connectivity index (χ0v) is 15.7. The second-order valence-electron chi connectivity index (χ2n) is 5.09. The molecule has 0 N–H and O–H groups in total. The van der Waals surface area contributed by atoms with Crippen molar-refractivity contribution in [1.82, 2.24) is 9.13 Å². The van der Waals surface area contributed by atoms with Gasteiger partial charge in [0.15, 0.2) is 0 Å². The van der Waals surface area contributed by atoms with Crippen molar-refractivity contribution in [2.75, 3.05) is 7.11 Å². The first kappa shape index (κ1) is 20.2. The maximum Gasteiger partial charge on any atom is 0.431 e. The number of hydrogen-bond donors (Lipinski definition) is 0. The quantitative estimate of drug-likeness (QED) is 0.527. The molecule has 11 heteroatoms. The third-order valence-corrected chi connectivity index (χ3v) is 4.49. The van der Waals surface area contributed by atoms with E-state index in [4.69, 9.17) is 11.6 Å². The van der Waals surface area contributed by atoms with Crippen molar-refractivity contribution >= 4 is 33.5 Å². The fraction of sp³-hybridized carbons (Fsp3) is 0.267. The van der Waals surface area contributed by atoms with Gasteiger partial charge in [-0.05, 0) is 12.1 Å². The summed E-state index contributed by atoms with van der Waals surface area (Å²) >= 11 is 9.13. The monoisotopic (exact) mass is 454 g/mol. The number of carbonyl (C=O) groups is 1. The van der Waals surface area contributed by atoms with Crippen LogP contribution in [0, 0.1) is 0 Å². The minimum atomic E-state index is -4.87. The van der Waals surface area contributed by atoms with Gasteiger partial charge >= 0.3 is 17.8 Å². The lowest BCUT2D eigenvalue weighted by Gasteiger charge is -2.17. The first-order valence-corrected chi connectivity index (χ1v) is 8.40. The van der Waals surface area contributed by atoms with Gasteiger partial charge in [0.1, 0.15) is 5.69 Å². The predicted molar refractivity (Wildman–Crippen MR) is 91.3 cm³/mol. The highest BCUT2D eigenvalue weighted by Gasteiger charge is 2.35. The molecule has 0 aliphatic carbocycles. The molecule has 0 atom stereocenters. The molecule has 0 aliphatic rings. The van der Waals surface area contributed by atoms with Crippen molar-refractivity contribution in [2.45, 2.75) is 11.5 Å². The standard InChI is InChI=1S/C15H11BrClF3N2O4/c1-21-10(15(18,19)20)5-11(23)22(14(21)25)9-4-3-8(17)12(7(9)6-16)13(24)26-2/h3-5H,6H2,1-2H3. The zero-order valence-electron chi connectivity index (χ0n) is 13.4. The molecule has 1 aromatic heterocycles. The molecule has 0 unspecified atom stereocenters. The lowest BCUT2D eigenvalue weighted by Crippen LogP contribution is -2.41. The van der Waals surface area contributed by atoms with Crippen LogP contribution in [0.15, 0.2) is 27.8 Å². The molecule has 0 amide bonds. The number of hydrogen-bond acceptors (Lipinski definition) is 4. The van der Waals surface area contributed by atoms with Crippen molar-refractivity contribution in [1.29, 1.82) is 0 Å². The molecular weight excluding hydrogens is 445 g/mol. The highest BCUT2D eigenvalue weighted by molar-refractivity contribution is 9.08. The summed E-state index contributed by atoms with van der Waals surface area (Å²) in [6, 6.07) is 2.83. The van der Waals surface area contributed by atoms with E-state index in [0.717, 1.165) is 14.2 Å². The SMILES string of the molecule is COC(=O)c1c(Cl)ccc(-n2c(=O)cc(C(F)(F)F)n(C)c2=O)c1CBr. The Labute approximate surface area is 157 Å². The number of benzene rings is 1. The molecule has 0 aliphatic heterocycles. The van der Waals surface area contributed by atoms with E-state index in [-0.39, 0.29) is 27.2 Å². The molecule has 26 heavy (non-hydrogen) atoms. The average molecular weight is 456 g/mol. The summed E-state index contributed by atoms with van der Waals surface area (Å²) < 4.78 is 44.4. The number of aromatic nitrogens is 2. The van der Waals surface area contributed by atoms with Crippen molar-refractivity contribution in [3.05, 3.63) is 60.9 Å². The van der Waals surface area contributed by atoms with Crippen molar-refractivity contribution in [3.8, 4) is 5.69 Å². The van der Waals surface area contributed by atoms with Crippen molar-refractivity contribution in [2.24, 2.45) is 7.05 Å². The van der Waals surface area contributed by atoms with Gasteiger partial charge in [0.2, 0.25) is 0 Å². The van der Waals surface area contributed by atoms with Crippen molar-refractivity contribution in [3.63, 3.8) is 0 Å². The molecule has 140 valence electrons. The van der Waals surface area contributed by atoms with Gasteiger partial charge in [-0.1, -0.05) is 27.5 Å². The van der Waals surface area contributed by atoms with Gasteiger partial charge in [0.05, 0.1) is 23.4 Å². The van der Waals surface area contributed by atoms with Crippen LogP contribution in [0.4, 0.5) is 13.2 Å². The molecule has 1 heterocycles. The number of rotatable bonds is 3. The molecular formula is C15H11BrClF3N2O4. The number of ether oxygens (including phenoxy) is 1. The first-order valence-electron chi connectivity index (χ1n) is 6.90. The van der Waals surface area contributed by atoms with E-state index >= 15 is 0 Å². The van der Waals surface area contributed by atoms with E-state index in [0.29, 0.717) is 15.2 Å². The Balaban J connectivity index is 2.91. The highest BCUT2D eigenvalue weighted by atomic mass is 79.9. The van der Waals surface area contributed by atoms with Gasteiger partial charge in [-0.2, -0.15) is 13.2 Å². The predicted octanol–water partition coefficient (Wildman–Crippen LogP) is 2.89. The number of methoxy groups -OCH3 is 1. The van der Waals surface area contributed by atoms with Gasteiger partial charge in [-0.15, -0.1) is 0 Å². The van der Waals surface area contributed by atoms with E-state index in [1.807, 2.05) is 0 Å². The molecule has 1 aromatic carbocycles. The number of carbonyl (C=O) groups excluding carboxylic acids is 1. The van der Waals surface area contributed by atoms with Gasteiger partial charge < -0.3 is 4.74 Å². The lowest BCUT2D eigenvalue weighted by molar-refractivity contribution is -0.144. The molecule has 2 aromatic rings. The Hall–Kier alpha value is -2.07. The minimum Gasteiger partial charge on any atom is -0.465 e. The van der Waals surface area contributed by atoms with Gasteiger partial charge in [0, 0.05) is 24.0 Å². The van der Waals surface area contributed by atoms with Gasteiger partial charge in [0.25, 0.3) is 5.56 Å². The Kier molecular flexibility index (Phi) is 5.67. The maximum atomic E-state index is 13.0. The molecule has 0 saturated heterocycles. The largest absolute Gasteiger partial charge is 0.465 e. The van der Waals surface area contributed by atoms with Crippen LogP contribution in [0.2, 0.25) is 5.02 Å². The molecule has 2 rings (SSSR count). The fourth-order valence-corrected chi connectivity index (χ4v) is 3.22. The molecule has 6 nitrogen and oxygen atoms in total. The lowest BCUT2D eigenvalue weighted by atomic mass is 10.1. The summed E-state index contributed by atoms with van der Waals surface area (Å²) in [5.74, 6) is -0.817. The summed E-state index contributed by atoms with van der Waals surface area (Å²) in [6.07, 6.45) is -4.87. The van der Waals surface area contributed by atoms with Crippen LogP contribution in [0.5, 0.6) is 0 Å². The van der Waals surface area contributed by atoms with E-state index < -0.39 is 29.1 Å². The Morgan fingerprint density at radius 3 is 2.42 bits per heavy atom. The maximum absolute atomic E-state index is 13.0. The molecule has 0 radical (unpaired) electrons. The fourth-order valence-electron chi connectivity index (χ4n) is 2.40. The Morgan fingerprint density at radius 1 is 1.31 bits per heavy atom. The molecule has 0 fully saturated rings. The van der Waals surface area contributed by atoms with E-state index in [1.165, 1.54) is 12.1 Å². The van der Waals surface area contributed by atoms with E-state index in [2.05, 4.69) is 20.7 Å². The summed E-state index contributed by atoms with van der Waals surface area (Å²) in [4.78, 5) is 36.6. The number of nitrogens with zero attached hydrogens (tertiary/aromatic N) is 2. The first-order chi connectivity index (χ1) is 12.0. The highest BCUT2D eigenvalue weighted by Crippen LogP contribution is 2.29. The summed E-state index contributed by atoms with van der Waals surface area (Å²) in [5, 5.41) is -0.00365. The van der Waals surface area contributed by atoms with Crippen LogP contribution in [0.3, 0.4) is 0 Å². The summed E-state index contributed by atoms with van der Waals surface area (Å²) in [6.45, 7) is 0. The second-order valence-corrected chi connectivity index (χ2v) is 6.06. The van der Waals surface area contributed by atoms with Crippen molar-refractivity contribution < 1.29 is 22.7 Å². The minimum absolute atomic E-state index is 0.00633. The summed E-state index contributed by atoms with van der Waals surface area (Å²) in [7, 11) is 2.01. The number of halogens is 5. The third kappa shape index (κ3) is 3.43. The van der Waals surface area contributed by atoms with Crippen LogP contribution in [-0.2, 0) is 23.3 Å². The van der Waals surface area contributed by atoms with Crippen LogP contribution >= 0.6 is 27.5 Å². The Bertz CT molecular complexity index is 998. The molecule has 0 saturated carbocycles. The smallest absolute Gasteiger partial charge is 0.431 e. The summed E-state index contributed by atoms with van der Waals surface area (Å²) in [5.41, 5.74) is -3.84. The number of alkyl halides is 4. The molecule has 0 bridgehead atoms. The van der Waals surface area contributed by atoms with Crippen LogP contribution < -0.4 is 11.2 Å². The van der Waals surface area contributed by atoms with E-state index in [9.17, 15) is 27.6 Å². The average Bonchev–Trinajstić information content (AvgIpc) is 2.57. The normalized spacial score (nSPS) is 11.5. The zero-order chi connectivity index (χ0) is 19.8. The molecule has 0 spiro atoms. The van der Waals surface area contributed by atoms with Crippen LogP contribution in [-0.4, -0.2) is 22.2 Å². The van der Waals surface area contributed by atoms with E-state index in [1.54, 1.807) is 0 Å². The van der Waals surface area contributed by atoms with Crippen LogP contribution in [0.25, 0.3) is 5.69 Å². The second kappa shape index (κ2) is 7.28. The number of esters is 1.